The Morgan fingerprint density at radius 1 is 1.38 bits per heavy atom. The molecule has 0 saturated carbocycles. The number of nitrogens with zero attached hydrogens (tertiary/aromatic N) is 1. The smallest absolute Gasteiger partial charge is 0.179 e. The maximum Gasteiger partial charge on any atom is 0.179 e. The Hall–Kier alpha value is -1.44. The first-order valence-corrected chi connectivity index (χ1v) is 8.61. The number of nitrogens with one attached hydrogen (secondary N) is 1. The second-order valence-corrected chi connectivity index (χ2v) is 7.38. The van der Waals surface area contributed by atoms with Crippen LogP contribution in [0, 0.1) is 5.41 Å². The van der Waals surface area contributed by atoms with Gasteiger partial charge in [-0.3, -0.25) is 10.3 Å². The van der Waals surface area contributed by atoms with E-state index in [1.807, 2.05) is 4.90 Å². The fourth-order valence-electron chi connectivity index (χ4n) is 2.59. The van der Waals surface area contributed by atoms with Gasteiger partial charge in [-0.1, -0.05) is 12.1 Å². The van der Waals surface area contributed by atoms with Gasteiger partial charge >= 0.3 is 0 Å². The average molecular weight is 311 g/mol. The topological polar surface area (TPSA) is 107 Å². The van der Waals surface area contributed by atoms with Crippen LogP contribution >= 0.6 is 0 Å². The van der Waals surface area contributed by atoms with Crippen LogP contribution < -0.4 is 5.73 Å². The molecular formula is C14H21N3O3S. The van der Waals surface area contributed by atoms with E-state index < -0.39 is 9.84 Å². The minimum absolute atomic E-state index is 0.0307. The SMILES string of the molecule is N=C(N)c1ccc(S(=O)(=O)CCN2CCCC2CO)cc1. The molecule has 21 heavy (non-hydrogen) atoms. The summed E-state index contributed by atoms with van der Waals surface area (Å²) < 4.78 is 24.6. The first-order chi connectivity index (χ1) is 9.94. The summed E-state index contributed by atoms with van der Waals surface area (Å²) in [6.07, 6.45) is 1.92. The highest BCUT2D eigenvalue weighted by Gasteiger charge is 2.25. The van der Waals surface area contributed by atoms with Crippen LogP contribution in [-0.2, 0) is 9.84 Å². The van der Waals surface area contributed by atoms with Gasteiger partial charge in [-0.05, 0) is 31.5 Å². The molecule has 1 aliphatic rings. The third-order valence-corrected chi connectivity index (χ3v) is 5.59. The second kappa shape index (κ2) is 6.55. The normalized spacial score (nSPS) is 19.8. The van der Waals surface area contributed by atoms with E-state index in [2.05, 4.69) is 0 Å². The first kappa shape index (κ1) is 15.9. The van der Waals surface area contributed by atoms with E-state index in [0.29, 0.717) is 12.1 Å². The summed E-state index contributed by atoms with van der Waals surface area (Å²) in [5.74, 6) is -0.0510. The molecule has 7 heteroatoms. The van der Waals surface area contributed by atoms with Crippen molar-refractivity contribution in [2.45, 2.75) is 23.8 Å². The molecule has 4 N–H and O–H groups in total. The number of rotatable bonds is 6. The Labute approximate surface area is 125 Å². The van der Waals surface area contributed by atoms with Crippen molar-refractivity contribution in [1.29, 1.82) is 5.41 Å². The molecule has 1 aliphatic heterocycles. The number of amidine groups is 1. The molecule has 2 rings (SSSR count). The summed E-state index contributed by atoms with van der Waals surface area (Å²) in [4.78, 5) is 2.27. The Bertz CT molecular complexity index is 598. The van der Waals surface area contributed by atoms with Gasteiger partial charge in [0.2, 0.25) is 0 Å². The van der Waals surface area contributed by atoms with Crippen LogP contribution in [0.5, 0.6) is 0 Å². The van der Waals surface area contributed by atoms with Gasteiger partial charge in [0, 0.05) is 18.2 Å². The quantitative estimate of drug-likeness (QED) is 0.514. The third-order valence-electron chi connectivity index (χ3n) is 3.88. The van der Waals surface area contributed by atoms with Crippen molar-refractivity contribution < 1.29 is 13.5 Å². The van der Waals surface area contributed by atoms with E-state index in [1.165, 1.54) is 12.1 Å². The van der Waals surface area contributed by atoms with Crippen molar-refractivity contribution >= 4 is 15.7 Å². The minimum Gasteiger partial charge on any atom is -0.395 e. The Balaban J connectivity index is 2.02. The molecule has 0 radical (unpaired) electrons. The van der Waals surface area contributed by atoms with Crippen LogP contribution in [0.4, 0.5) is 0 Å². The minimum atomic E-state index is -3.36. The van der Waals surface area contributed by atoms with Crippen molar-refractivity contribution in [2.75, 3.05) is 25.4 Å². The average Bonchev–Trinajstić information content (AvgIpc) is 2.93. The molecule has 116 valence electrons. The molecule has 1 heterocycles. The molecule has 0 aliphatic carbocycles. The zero-order chi connectivity index (χ0) is 15.5. The number of nitrogens with two attached hydrogens (primary N) is 1. The zero-order valence-corrected chi connectivity index (χ0v) is 12.6. The molecular weight excluding hydrogens is 290 g/mol. The van der Waals surface area contributed by atoms with Gasteiger partial charge in [-0.2, -0.15) is 0 Å². The number of likely N-dealkylation sites (tertiary alicyclic amines) is 1. The molecule has 1 saturated heterocycles. The van der Waals surface area contributed by atoms with E-state index in [9.17, 15) is 13.5 Å². The highest BCUT2D eigenvalue weighted by Crippen LogP contribution is 2.18. The highest BCUT2D eigenvalue weighted by molar-refractivity contribution is 7.91. The maximum atomic E-state index is 12.3. The molecule has 1 aromatic carbocycles. The van der Waals surface area contributed by atoms with Crippen molar-refractivity contribution in [3.63, 3.8) is 0 Å². The summed E-state index contributed by atoms with van der Waals surface area (Å²) in [6, 6.07) is 6.14. The lowest BCUT2D eigenvalue weighted by molar-refractivity contribution is 0.165. The van der Waals surface area contributed by atoms with Crippen LogP contribution in [0.15, 0.2) is 29.2 Å². The van der Waals surface area contributed by atoms with E-state index in [1.54, 1.807) is 12.1 Å². The summed E-state index contributed by atoms with van der Waals surface area (Å²) in [7, 11) is -3.36. The Morgan fingerprint density at radius 2 is 2.05 bits per heavy atom. The van der Waals surface area contributed by atoms with Gasteiger partial charge in [0.05, 0.1) is 17.3 Å². The highest BCUT2D eigenvalue weighted by atomic mass is 32.2. The first-order valence-electron chi connectivity index (χ1n) is 6.96. The second-order valence-electron chi connectivity index (χ2n) is 5.27. The molecule has 1 unspecified atom stereocenters. The van der Waals surface area contributed by atoms with Gasteiger partial charge in [0.25, 0.3) is 0 Å². The Kier molecular flexibility index (Phi) is 4.97. The lowest BCUT2D eigenvalue weighted by atomic mass is 10.2. The molecule has 0 aromatic heterocycles. The molecule has 0 spiro atoms. The number of hydrogen-bond donors (Lipinski definition) is 3. The number of benzene rings is 1. The van der Waals surface area contributed by atoms with Gasteiger partial charge in [0.15, 0.2) is 9.84 Å². The maximum absolute atomic E-state index is 12.3. The summed E-state index contributed by atoms with van der Waals surface area (Å²) in [6.45, 7) is 1.35. The predicted octanol–water partition coefficient (Wildman–Crippen LogP) is 0.201. The van der Waals surface area contributed by atoms with E-state index in [4.69, 9.17) is 11.1 Å². The van der Waals surface area contributed by atoms with E-state index >= 15 is 0 Å². The fraction of sp³-hybridized carbons (Fsp3) is 0.500. The van der Waals surface area contributed by atoms with Crippen LogP contribution in [0.25, 0.3) is 0 Å². The van der Waals surface area contributed by atoms with E-state index in [-0.39, 0.29) is 29.1 Å². The van der Waals surface area contributed by atoms with Crippen LogP contribution in [0.3, 0.4) is 0 Å². The lowest BCUT2D eigenvalue weighted by Crippen LogP contribution is -2.35. The van der Waals surface area contributed by atoms with Crippen molar-refractivity contribution in [3.8, 4) is 0 Å². The van der Waals surface area contributed by atoms with Crippen LogP contribution in [-0.4, -0.2) is 55.8 Å². The molecule has 1 fully saturated rings. The van der Waals surface area contributed by atoms with E-state index in [0.717, 1.165) is 19.4 Å². The fourth-order valence-corrected chi connectivity index (χ4v) is 3.85. The number of sulfone groups is 1. The number of aliphatic hydroxyl groups is 1. The third kappa shape index (κ3) is 3.81. The molecule has 6 nitrogen and oxygen atoms in total. The number of hydrogen-bond acceptors (Lipinski definition) is 5. The lowest BCUT2D eigenvalue weighted by Gasteiger charge is -2.22. The molecule has 1 atom stereocenters. The molecule has 0 amide bonds. The van der Waals surface area contributed by atoms with Gasteiger partial charge in [0.1, 0.15) is 5.84 Å². The summed E-state index contributed by atoms with van der Waals surface area (Å²) in [5, 5.41) is 16.5. The van der Waals surface area contributed by atoms with Crippen LogP contribution in [0.2, 0.25) is 0 Å². The number of nitrogen functional groups attached to an aromatic ring is 1. The van der Waals surface area contributed by atoms with Crippen molar-refractivity contribution in [1.82, 2.24) is 4.90 Å². The van der Waals surface area contributed by atoms with Gasteiger partial charge in [-0.25, -0.2) is 8.42 Å². The standard InChI is InChI=1S/C14H21N3O3S/c15-14(16)11-3-5-13(6-4-11)21(19,20)9-8-17-7-1-2-12(17)10-18/h3-6,12,18H,1-2,7-10H2,(H3,15,16). The van der Waals surface area contributed by atoms with Gasteiger partial charge in [-0.15, -0.1) is 0 Å². The summed E-state index contributed by atoms with van der Waals surface area (Å²) >= 11 is 0. The van der Waals surface area contributed by atoms with Gasteiger partial charge < -0.3 is 10.8 Å². The largest absolute Gasteiger partial charge is 0.395 e. The van der Waals surface area contributed by atoms with Crippen LogP contribution in [0.1, 0.15) is 18.4 Å². The zero-order valence-electron chi connectivity index (χ0n) is 11.8. The van der Waals surface area contributed by atoms with Crippen molar-refractivity contribution in [3.05, 3.63) is 29.8 Å². The monoisotopic (exact) mass is 311 g/mol. The summed E-state index contributed by atoms with van der Waals surface area (Å²) in [5.41, 5.74) is 5.86. The van der Waals surface area contributed by atoms with Crippen molar-refractivity contribution in [2.24, 2.45) is 5.73 Å². The molecule has 0 bridgehead atoms. The molecule has 1 aromatic rings. The number of aliphatic hydroxyl groups excluding tert-OH is 1. The predicted molar refractivity (Wildman–Crippen MR) is 81.2 cm³/mol. The Morgan fingerprint density at radius 3 is 2.62 bits per heavy atom.